The van der Waals surface area contributed by atoms with Crippen LogP contribution in [-0.4, -0.2) is 65.1 Å². The zero-order valence-corrected chi connectivity index (χ0v) is 23.5. The average Bonchev–Trinajstić information content (AvgIpc) is 3.69. The Balaban J connectivity index is 1.13. The van der Waals surface area contributed by atoms with Crippen molar-refractivity contribution in [1.29, 1.82) is 5.26 Å². The van der Waals surface area contributed by atoms with Crippen LogP contribution in [0.1, 0.15) is 42.5 Å². The number of nitriles is 1. The first kappa shape index (κ1) is 26.4. The van der Waals surface area contributed by atoms with Crippen molar-refractivity contribution in [2.45, 2.75) is 45.6 Å². The molecule has 7 nitrogen and oxygen atoms in total. The topological polar surface area (TPSA) is 80.2 Å². The van der Waals surface area contributed by atoms with Crippen molar-refractivity contribution in [3.05, 3.63) is 71.7 Å². The number of fused-ring (bicyclic) bond motifs is 1. The summed E-state index contributed by atoms with van der Waals surface area (Å²) in [7, 11) is 0. The first-order valence-electron chi connectivity index (χ1n) is 14.5. The van der Waals surface area contributed by atoms with Crippen LogP contribution in [0.25, 0.3) is 22.0 Å². The fourth-order valence-electron chi connectivity index (χ4n) is 6.35. The molecule has 4 heterocycles. The number of nitrogens with one attached hydrogen (secondary N) is 2. The lowest BCUT2D eigenvalue weighted by Gasteiger charge is -2.36. The molecule has 2 aliphatic rings. The Labute approximate surface area is 236 Å². The van der Waals surface area contributed by atoms with E-state index in [1.54, 1.807) is 6.20 Å². The lowest BCUT2D eigenvalue weighted by molar-refractivity contribution is 0.114. The van der Waals surface area contributed by atoms with E-state index in [4.69, 9.17) is 4.74 Å². The maximum atomic E-state index is 9.92. The summed E-state index contributed by atoms with van der Waals surface area (Å²) < 4.78 is 6.14. The van der Waals surface area contributed by atoms with Gasteiger partial charge in [0.2, 0.25) is 0 Å². The zero-order chi connectivity index (χ0) is 27.5. The maximum Gasteiger partial charge on any atom is 0.119 e. The van der Waals surface area contributed by atoms with Crippen molar-refractivity contribution in [2.75, 3.05) is 44.6 Å². The summed E-state index contributed by atoms with van der Waals surface area (Å²) in [5.74, 6) is 0.862. The molecule has 2 N–H and O–H groups in total. The number of aromatic amines is 1. The number of ether oxygens (including phenoxy) is 1. The monoisotopic (exact) mass is 534 g/mol. The molecule has 0 saturated carbocycles. The van der Waals surface area contributed by atoms with Crippen LogP contribution in [0.4, 0.5) is 11.4 Å². The smallest absolute Gasteiger partial charge is 0.119 e. The molecule has 40 heavy (non-hydrogen) atoms. The highest BCUT2D eigenvalue weighted by Crippen LogP contribution is 2.37. The van der Waals surface area contributed by atoms with E-state index in [9.17, 15) is 5.26 Å². The van der Waals surface area contributed by atoms with Gasteiger partial charge in [0.05, 0.1) is 11.3 Å². The highest BCUT2D eigenvalue weighted by Gasteiger charge is 2.26. The van der Waals surface area contributed by atoms with Crippen LogP contribution in [-0.2, 0) is 0 Å². The van der Waals surface area contributed by atoms with E-state index in [0.29, 0.717) is 12.2 Å². The van der Waals surface area contributed by atoms with Gasteiger partial charge < -0.3 is 19.9 Å². The Morgan fingerprint density at radius 1 is 1.02 bits per heavy atom. The summed E-state index contributed by atoms with van der Waals surface area (Å²) in [6.07, 6.45) is 8.89. The number of aromatic nitrogens is 2. The second kappa shape index (κ2) is 11.7. The fourth-order valence-corrected chi connectivity index (χ4v) is 6.35. The summed E-state index contributed by atoms with van der Waals surface area (Å²) in [4.78, 5) is 13.0. The molecular weight excluding hydrogens is 496 g/mol. The van der Waals surface area contributed by atoms with Crippen LogP contribution in [0.15, 0.2) is 54.9 Å². The van der Waals surface area contributed by atoms with E-state index in [1.807, 2.05) is 25.3 Å². The van der Waals surface area contributed by atoms with E-state index in [1.165, 1.54) is 38.8 Å². The van der Waals surface area contributed by atoms with Crippen molar-refractivity contribution in [3.63, 3.8) is 0 Å². The van der Waals surface area contributed by atoms with Gasteiger partial charge in [-0.15, -0.1) is 0 Å². The standard InChI is InChI=1S/C33H38N6O/c1-23-29-11-14-35-31(29)10-9-30(23)37-33-26(21-34)22-36-24(2)32(33)25-5-7-28(8-6-25)40-20-19-38-17-12-27(13-18-38)39-15-3-4-16-39/h5-11,14,22,27,35H,3-4,12-13,15-20H2,1-2H3,(H,36,37). The first-order valence-corrected chi connectivity index (χ1v) is 14.5. The number of pyridine rings is 1. The second-order valence-corrected chi connectivity index (χ2v) is 11.1. The third-order valence-electron chi connectivity index (χ3n) is 8.69. The predicted octanol–water partition coefficient (Wildman–Crippen LogP) is 6.40. The van der Waals surface area contributed by atoms with Crippen LogP contribution >= 0.6 is 0 Å². The quantitative estimate of drug-likeness (QED) is 0.272. The summed E-state index contributed by atoms with van der Waals surface area (Å²) in [5.41, 5.74) is 7.29. The Kier molecular flexibility index (Phi) is 7.72. The normalized spacial score (nSPS) is 16.8. The Bertz CT molecular complexity index is 1500. The van der Waals surface area contributed by atoms with Gasteiger partial charge >= 0.3 is 0 Å². The molecule has 7 heteroatoms. The molecule has 2 fully saturated rings. The number of anilines is 2. The van der Waals surface area contributed by atoms with Crippen molar-refractivity contribution in [1.82, 2.24) is 19.8 Å². The molecule has 0 unspecified atom stereocenters. The minimum absolute atomic E-state index is 0.517. The molecule has 0 spiro atoms. The van der Waals surface area contributed by atoms with Crippen LogP contribution in [0.5, 0.6) is 5.75 Å². The van der Waals surface area contributed by atoms with E-state index in [-0.39, 0.29) is 0 Å². The molecule has 0 amide bonds. The number of hydrogen-bond donors (Lipinski definition) is 2. The van der Waals surface area contributed by atoms with E-state index >= 15 is 0 Å². The molecule has 2 aliphatic heterocycles. The molecule has 2 aromatic heterocycles. The zero-order valence-electron chi connectivity index (χ0n) is 23.5. The highest BCUT2D eigenvalue weighted by atomic mass is 16.5. The van der Waals surface area contributed by atoms with Crippen molar-refractivity contribution >= 4 is 22.3 Å². The second-order valence-electron chi connectivity index (χ2n) is 11.1. The number of aryl methyl sites for hydroxylation is 2. The molecule has 206 valence electrons. The highest BCUT2D eigenvalue weighted by molar-refractivity contribution is 5.92. The van der Waals surface area contributed by atoms with Gasteiger partial charge in [0.1, 0.15) is 18.4 Å². The van der Waals surface area contributed by atoms with E-state index in [2.05, 4.69) is 68.4 Å². The lowest BCUT2D eigenvalue weighted by atomic mass is 9.99. The van der Waals surface area contributed by atoms with Gasteiger partial charge in [-0.3, -0.25) is 9.88 Å². The van der Waals surface area contributed by atoms with Crippen LogP contribution < -0.4 is 10.1 Å². The number of rotatable bonds is 8. The summed E-state index contributed by atoms with van der Waals surface area (Å²) in [5, 5.41) is 14.7. The van der Waals surface area contributed by atoms with Gasteiger partial charge in [-0.1, -0.05) is 12.1 Å². The lowest BCUT2D eigenvalue weighted by Crippen LogP contribution is -2.44. The van der Waals surface area contributed by atoms with Gasteiger partial charge in [0, 0.05) is 52.8 Å². The van der Waals surface area contributed by atoms with Gasteiger partial charge in [0.15, 0.2) is 0 Å². The number of nitrogens with zero attached hydrogens (tertiary/aromatic N) is 4. The molecule has 6 rings (SSSR count). The molecule has 2 saturated heterocycles. The Hall–Kier alpha value is -3.86. The number of piperidine rings is 1. The molecule has 4 aromatic rings. The maximum absolute atomic E-state index is 9.92. The molecule has 0 bridgehead atoms. The number of likely N-dealkylation sites (tertiary alicyclic amines) is 2. The van der Waals surface area contributed by atoms with Gasteiger partial charge in [-0.05, 0) is 107 Å². The van der Waals surface area contributed by atoms with Gasteiger partial charge in [-0.25, -0.2) is 0 Å². The van der Waals surface area contributed by atoms with Gasteiger partial charge in [0.25, 0.3) is 0 Å². The molecule has 2 aromatic carbocycles. The van der Waals surface area contributed by atoms with Crippen LogP contribution in [0, 0.1) is 25.2 Å². The predicted molar refractivity (Wildman–Crippen MR) is 161 cm³/mol. The van der Waals surface area contributed by atoms with E-state index in [0.717, 1.165) is 76.1 Å². The third-order valence-corrected chi connectivity index (χ3v) is 8.69. The summed E-state index contributed by atoms with van der Waals surface area (Å²) in [6, 6.07) is 17.5. The van der Waals surface area contributed by atoms with Crippen molar-refractivity contribution < 1.29 is 4.74 Å². The molecule has 0 atom stereocenters. The minimum atomic E-state index is 0.517. The Morgan fingerprint density at radius 3 is 2.55 bits per heavy atom. The molecule has 0 radical (unpaired) electrons. The average molecular weight is 535 g/mol. The molecular formula is C33H38N6O. The first-order chi connectivity index (χ1) is 19.6. The van der Waals surface area contributed by atoms with Gasteiger partial charge in [-0.2, -0.15) is 5.26 Å². The largest absolute Gasteiger partial charge is 0.492 e. The van der Waals surface area contributed by atoms with Crippen molar-refractivity contribution in [2.24, 2.45) is 0 Å². The SMILES string of the molecule is Cc1ncc(C#N)c(Nc2ccc3[nH]ccc3c2C)c1-c1ccc(OCCN2CCC(N3CCCC3)CC2)cc1. The number of benzene rings is 2. The number of H-pyrrole nitrogens is 1. The van der Waals surface area contributed by atoms with Crippen LogP contribution in [0.2, 0.25) is 0 Å². The molecule has 0 aliphatic carbocycles. The van der Waals surface area contributed by atoms with Crippen molar-refractivity contribution in [3.8, 4) is 22.9 Å². The Morgan fingerprint density at radius 2 is 1.80 bits per heavy atom. The number of hydrogen-bond acceptors (Lipinski definition) is 6. The van der Waals surface area contributed by atoms with E-state index < -0.39 is 0 Å². The summed E-state index contributed by atoms with van der Waals surface area (Å²) in [6.45, 7) is 10.6. The minimum Gasteiger partial charge on any atom is -0.492 e. The third kappa shape index (κ3) is 5.42. The van der Waals surface area contributed by atoms with Crippen LogP contribution in [0.3, 0.4) is 0 Å². The summed E-state index contributed by atoms with van der Waals surface area (Å²) >= 11 is 0. The fraction of sp³-hybridized carbons (Fsp3) is 0.394.